The maximum Gasteiger partial charge on any atom is 0.196 e. The van der Waals surface area contributed by atoms with Crippen molar-refractivity contribution in [3.8, 4) is 0 Å². The second-order valence-corrected chi connectivity index (χ2v) is 9.13. The Morgan fingerprint density at radius 3 is 1.80 bits per heavy atom. The van der Waals surface area contributed by atoms with Gasteiger partial charge in [-0.25, -0.2) is 0 Å². The zero-order valence-electron chi connectivity index (χ0n) is 18.7. The molecule has 0 fully saturated rings. The van der Waals surface area contributed by atoms with Gasteiger partial charge in [-0.1, -0.05) is 84.9 Å². The van der Waals surface area contributed by atoms with Crippen molar-refractivity contribution in [3.05, 3.63) is 141 Å². The fourth-order valence-corrected chi connectivity index (χ4v) is 5.71. The van der Waals surface area contributed by atoms with Crippen LogP contribution in [0.4, 0.5) is 5.69 Å². The maximum absolute atomic E-state index is 13.5. The minimum absolute atomic E-state index is 0.0321. The van der Waals surface area contributed by atoms with E-state index in [2.05, 4.69) is 11.4 Å². The number of carbonyl (C=O) groups is 3. The molecule has 0 aromatic heterocycles. The van der Waals surface area contributed by atoms with Crippen LogP contribution in [-0.2, 0) is 0 Å². The molecular formula is C31H19NO3. The maximum atomic E-state index is 13.5. The average molecular weight is 453 g/mol. The highest BCUT2D eigenvalue weighted by molar-refractivity contribution is 6.30. The van der Waals surface area contributed by atoms with Crippen LogP contribution in [0.15, 0.2) is 91.0 Å². The van der Waals surface area contributed by atoms with Crippen molar-refractivity contribution in [2.24, 2.45) is 0 Å². The molecule has 1 unspecified atom stereocenters. The van der Waals surface area contributed by atoms with Crippen LogP contribution in [0.1, 0.15) is 76.9 Å². The van der Waals surface area contributed by atoms with Crippen molar-refractivity contribution < 1.29 is 14.4 Å². The summed E-state index contributed by atoms with van der Waals surface area (Å²) in [6.07, 6.45) is 2.86. The molecule has 0 amide bonds. The predicted molar refractivity (Wildman–Crippen MR) is 134 cm³/mol. The minimum atomic E-state index is -0.149. The van der Waals surface area contributed by atoms with E-state index in [1.165, 1.54) is 0 Å². The predicted octanol–water partition coefficient (Wildman–Crippen LogP) is 6.00. The molecule has 3 aliphatic carbocycles. The van der Waals surface area contributed by atoms with E-state index in [4.69, 9.17) is 0 Å². The highest BCUT2D eigenvalue weighted by Crippen LogP contribution is 2.45. The third-order valence-electron chi connectivity index (χ3n) is 7.29. The van der Waals surface area contributed by atoms with E-state index in [1.807, 2.05) is 54.6 Å². The molecular weight excluding hydrogens is 434 g/mol. The number of hydrogen-bond donors (Lipinski definition) is 1. The fourth-order valence-electron chi connectivity index (χ4n) is 5.71. The van der Waals surface area contributed by atoms with Gasteiger partial charge in [-0.3, -0.25) is 14.4 Å². The van der Waals surface area contributed by atoms with E-state index in [0.717, 1.165) is 27.8 Å². The zero-order valence-corrected chi connectivity index (χ0v) is 18.7. The van der Waals surface area contributed by atoms with Gasteiger partial charge in [0.05, 0.1) is 11.6 Å². The summed E-state index contributed by atoms with van der Waals surface area (Å²) in [5.74, 6) is -0.252. The first kappa shape index (κ1) is 19.9. The van der Waals surface area contributed by atoms with Gasteiger partial charge < -0.3 is 5.32 Å². The van der Waals surface area contributed by atoms with Crippen LogP contribution in [0.5, 0.6) is 0 Å². The number of fused-ring (bicyclic) bond motifs is 4. The molecule has 166 valence electrons. The van der Waals surface area contributed by atoms with E-state index in [1.54, 1.807) is 30.3 Å². The Labute approximate surface area is 201 Å². The third-order valence-corrected chi connectivity index (χ3v) is 7.29. The number of hydrogen-bond acceptors (Lipinski definition) is 4. The van der Waals surface area contributed by atoms with Crippen LogP contribution < -0.4 is 5.32 Å². The Kier molecular flexibility index (Phi) is 4.09. The lowest BCUT2D eigenvalue weighted by Gasteiger charge is -2.33. The Hall–Kier alpha value is -4.57. The van der Waals surface area contributed by atoms with Crippen molar-refractivity contribution in [1.82, 2.24) is 0 Å². The van der Waals surface area contributed by atoms with Crippen LogP contribution in [0.3, 0.4) is 0 Å². The van der Waals surface area contributed by atoms with E-state index in [-0.39, 0.29) is 23.4 Å². The molecule has 0 saturated carbocycles. The number of ketones is 3. The van der Waals surface area contributed by atoms with Crippen LogP contribution >= 0.6 is 0 Å². The molecule has 0 saturated heterocycles. The topological polar surface area (TPSA) is 63.2 Å². The molecule has 4 aromatic carbocycles. The molecule has 1 N–H and O–H groups in total. The Morgan fingerprint density at radius 2 is 1.09 bits per heavy atom. The Balaban J connectivity index is 1.34. The first-order chi connectivity index (χ1) is 17.1. The van der Waals surface area contributed by atoms with Gasteiger partial charge in [0, 0.05) is 33.5 Å². The second kappa shape index (κ2) is 7.21. The van der Waals surface area contributed by atoms with Gasteiger partial charge in [-0.2, -0.15) is 0 Å². The van der Waals surface area contributed by atoms with Gasteiger partial charge in [0.1, 0.15) is 0 Å². The molecule has 3 aliphatic rings. The lowest BCUT2D eigenvalue weighted by molar-refractivity contribution is 0.0979. The fraction of sp³-hybridized carbons (Fsp3) is 0.0645. The summed E-state index contributed by atoms with van der Waals surface area (Å²) in [6.45, 7) is 0. The summed E-state index contributed by atoms with van der Waals surface area (Å²) in [6, 6.07) is 25.8. The van der Waals surface area contributed by atoms with Gasteiger partial charge in [-0.05, 0) is 34.8 Å². The smallest absolute Gasteiger partial charge is 0.196 e. The lowest BCUT2D eigenvalue weighted by Crippen LogP contribution is -2.25. The average Bonchev–Trinajstić information content (AvgIpc) is 2.91. The number of benzene rings is 4. The standard InChI is InChI=1S/C31H19NO3/c33-29-19-8-2-1-7-17(19)18-15-16-25(22-11-5-12-23(29)27(18)22)32-26-14-6-13-24-28(26)31(35)21-10-4-3-9-20(21)30(24)34/h1-15,25,32H,16H2. The molecule has 0 bridgehead atoms. The first-order valence-electron chi connectivity index (χ1n) is 11.7. The summed E-state index contributed by atoms with van der Waals surface area (Å²) in [7, 11) is 0. The molecule has 1 atom stereocenters. The summed E-state index contributed by atoms with van der Waals surface area (Å²) in [5.41, 5.74) is 7.81. The molecule has 0 heterocycles. The van der Waals surface area contributed by atoms with Gasteiger partial charge in [0.15, 0.2) is 17.3 Å². The summed E-state index contributed by atoms with van der Waals surface area (Å²) < 4.78 is 0. The number of nitrogens with one attached hydrogen (secondary N) is 1. The van der Waals surface area contributed by atoms with Gasteiger partial charge in [-0.15, -0.1) is 0 Å². The summed E-state index contributed by atoms with van der Waals surface area (Å²) in [4.78, 5) is 39.9. The van der Waals surface area contributed by atoms with E-state index in [0.29, 0.717) is 39.9 Å². The molecule has 4 aromatic rings. The highest BCUT2D eigenvalue weighted by atomic mass is 16.1. The zero-order chi connectivity index (χ0) is 23.7. The normalized spacial score (nSPS) is 17.1. The van der Waals surface area contributed by atoms with Crippen molar-refractivity contribution in [1.29, 1.82) is 0 Å². The van der Waals surface area contributed by atoms with Crippen LogP contribution in [-0.4, -0.2) is 17.3 Å². The van der Waals surface area contributed by atoms with E-state index in [9.17, 15) is 14.4 Å². The highest BCUT2D eigenvalue weighted by Gasteiger charge is 2.35. The molecule has 7 rings (SSSR count). The summed E-state index contributed by atoms with van der Waals surface area (Å²) >= 11 is 0. The van der Waals surface area contributed by atoms with Gasteiger partial charge >= 0.3 is 0 Å². The molecule has 35 heavy (non-hydrogen) atoms. The molecule has 0 radical (unpaired) electrons. The second-order valence-electron chi connectivity index (χ2n) is 9.13. The first-order valence-corrected chi connectivity index (χ1v) is 11.7. The number of anilines is 1. The largest absolute Gasteiger partial charge is 0.377 e. The van der Waals surface area contributed by atoms with Crippen molar-refractivity contribution in [2.75, 3.05) is 5.32 Å². The van der Waals surface area contributed by atoms with Crippen molar-refractivity contribution in [2.45, 2.75) is 12.5 Å². The quantitative estimate of drug-likeness (QED) is 0.350. The molecule has 0 aliphatic heterocycles. The van der Waals surface area contributed by atoms with Gasteiger partial charge in [0.2, 0.25) is 0 Å². The Morgan fingerprint density at radius 1 is 0.543 bits per heavy atom. The molecule has 4 heteroatoms. The summed E-state index contributed by atoms with van der Waals surface area (Å²) in [5, 5.41) is 3.55. The lowest BCUT2D eigenvalue weighted by atomic mass is 9.74. The monoisotopic (exact) mass is 453 g/mol. The molecule has 0 spiro atoms. The van der Waals surface area contributed by atoms with Crippen LogP contribution in [0, 0.1) is 0 Å². The molecule has 4 nitrogen and oxygen atoms in total. The number of carbonyl (C=O) groups excluding carboxylic acids is 3. The van der Waals surface area contributed by atoms with Crippen LogP contribution in [0.2, 0.25) is 0 Å². The number of rotatable bonds is 2. The SMILES string of the molecule is O=C1c2ccccc2C(=O)c2c(NC3CC=C4c5ccccc5C(=O)c5cccc3c54)cccc21. The Bertz CT molecular complexity index is 1660. The van der Waals surface area contributed by atoms with Gasteiger partial charge in [0.25, 0.3) is 0 Å². The van der Waals surface area contributed by atoms with Crippen molar-refractivity contribution in [3.63, 3.8) is 0 Å². The van der Waals surface area contributed by atoms with Crippen LogP contribution in [0.25, 0.3) is 5.57 Å². The minimum Gasteiger partial charge on any atom is -0.377 e. The van der Waals surface area contributed by atoms with Crippen molar-refractivity contribution >= 4 is 28.6 Å². The third kappa shape index (κ3) is 2.71. The van der Waals surface area contributed by atoms with E-state index < -0.39 is 0 Å². The van der Waals surface area contributed by atoms with E-state index >= 15 is 0 Å².